The second-order valence-corrected chi connectivity index (χ2v) is 11.1. The molecule has 0 heterocycles. The van der Waals surface area contributed by atoms with Gasteiger partial charge >= 0.3 is 5.97 Å². The zero-order valence-corrected chi connectivity index (χ0v) is 18.0. The molecule has 0 amide bonds. The standard InChI is InChI=1S/C24H36O5/c1-13(4-7-19(26)27)15-5-6-16-20-17(9-11-23(15,16)2)24(3)10-8-14(25)12-18(24)21(28)22(20)29/h13,15-18,20-21,28H,4-12H2,1-3H3,(H,26,27)/t13-,15-,16+,17+,18+,20+,21-,23-,24-/m1/s1. The van der Waals surface area contributed by atoms with E-state index < -0.39 is 12.1 Å². The molecule has 0 radical (unpaired) electrons. The molecular formula is C24H36O5. The average Bonchev–Trinajstić information content (AvgIpc) is 3.02. The summed E-state index contributed by atoms with van der Waals surface area (Å²) in [6.07, 6.45) is 5.72. The molecule has 0 aromatic heterocycles. The fourth-order valence-corrected chi connectivity index (χ4v) is 8.31. The van der Waals surface area contributed by atoms with Gasteiger partial charge in [-0.1, -0.05) is 20.8 Å². The van der Waals surface area contributed by atoms with Crippen molar-refractivity contribution < 1.29 is 24.6 Å². The van der Waals surface area contributed by atoms with E-state index in [1.54, 1.807) is 0 Å². The summed E-state index contributed by atoms with van der Waals surface area (Å²) in [5.41, 5.74) is -0.0810. The van der Waals surface area contributed by atoms with E-state index in [0.717, 1.165) is 32.1 Å². The van der Waals surface area contributed by atoms with Crippen molar-refractivity contribution in [3.63, 3.8) is 0 Å². The summed E-state index contributed by atoms with van der Waals surface area (Å²) >= 11 is 0. The van der Waals surface area contributed by atoms with Gasteiger partial charge < -0.3 is 10.2 Å². The van der Waals surface area contributed by atoms with Crippen LogP contribution in [0.4, 0.5) is 0 Å². The molecule has 0 aliphatic heterocycles. The second-order valence-electron chi connectivity index (χ2n) is 11.1. The normalized spacial score (nSPS) is 47.9. The van der Waals surface area contributed by atoms with E-state index in [4.69, 9.17) is 5.11 Å². The molecule has 4 aliphatic rings. The lowest BCUT2D eigenvalue weighted by atomic mass is 9.43. The SMILES string of the molecule is C[C@H](CCC(=O)O)[C@H]1CC[C@H]2[C@@H]3C(=O)[C@H](O)[C@@H]4CC(=O)CC[C@]4(C)[C@H]3CC[C@]12C. The largest absolute Gasteiger partial charge is 0.481 e. The molecule has 0 aromatic rings. The van der Waals surface area contributed by atoms with Crippen LogP contribution in [0.5, 0.6) is 0 Å². The van der Waals surface area contributed by atoms with Crippen molar-refractivity contribution in [2.24, 2.45) is 46.3 Å². The van der Waals surface area contributed by atoms with Gasteiger partial charge in [0, 0.05) is 31.1 Å². The van der Waals surface area contributed by atoms with Crippen LogP contribution < -0.4 is 0 Å². The van der Waals surface area contributed by atoms with Gasteiger partial charge in [-0.25, -0.2) is 0 Å². The third-order valence-corrected chi connectivity index (χ3v) is 9.93. The zero-order chi connectivity index (χ0) is 21.1. The number of aliphatic carboxylic acids is 1. The minimum Gasteiger partial charge on any atom is -0.481 e. The lowest BCUT2D eigenvalue weighted by molar-refractivity contribution is -0.179. The Balaban J connectivity index is 1.61. The molecule has 4 rings (SSSR count). The van der Waals surface area contributed by atoms with Crippen LogP contribution >= 0.6 is 0 Å². The van der Waals surface area contributed by atoms with Gasteiger partial charge in [0.15, 0.2) is 5.78 Å². The summed E-state index contributed by atoms with van der Waals surface area (Å²) in [5, 5.41) is 20.0. The summed E-state index contributed by atoms with van der Waals surface area (Å²) in [4.78, 5) is 36.5. The smallest absolute Gasteiger partial charge is 0.303 e. The van der Waals surface area contributed by atoms with Crippen molar-refractivity contribution >= 4 is 17.5 Å². The van der Waals surface area contributed by atoms with Gasteiger partial charge in [0.2, 0.25) is 0 Å². The molecule has 5 heteroatoms. The number of aliphatic hydroxyl groups is 1. The molecule has 4 saturated carbocycles. The van der Waals surface area contributed by atoms with Crippen LogP contribution in [0, 0.1) is 46.3 Å². The average molecular weight is 405 g/mol. The molecule has 2 N–H and O–H groups in total. The third-order valence-electron chi connectivity index (χ3n) is 9.93. The molecule has 29 heavy (non-hydrogen) atoms. The number of rotatable bonds is 4. The minimum atomic E-state index is -1.00. The maximum Gasteiger partial charge on any atom is 0.303 e. The number of fused-ring (bicyclic) bond motifs is 5. The van der Waals surface area contributed by atoms with E-state index in [9.17, 15) is 19.5 Å². The monoisotopic (exact) mass is 404 g/mol. The van der Waals surface area contributed by atoms with E-state index in [2.05, 4.69) is 20.8 Å². The number of hydrogen-bond acceptors (Lipinski definition) is 4. The molecule has 5 nitrogen and oxygen atoms in total. The molecule has 4 aliphatic carbocycles. The van der Waals surface area contributed by atoms with Gasteiger partial charge in [0.1, 0.15) is 11.9 Å². The highest BCUT2D eigenvalue weighted by Crippen LogP contribution is 2.67. The van der Waals surface area contributed by atoms with Crippen LogP contribution in [0.15, 0.2) is 0 Å². The Morgan fingerprint density at radius 2 is 1.76 bits per heavy atom. The molecule has 4 fully saturated rings. The summed E-state index contributed by atoms with van der Waals surface area (Å²) < 4.78 is 0. The minimum absolute atomic E-state index is 0.0121. The number of ketones is 2. The van der Waals surface area contributed by atoms with E-state index >= 15 is 0 Å². The molecule has 162 valence electrons. The molecule has 0 bridgehead atoms. The molecule has 0 spiro atoms. The van der Waals surface area contributed by atoms with Gasteiger partial charge in [-0.05, 0) is 73.0 Å². The van der Waals surface area contributed by atoms with E-state index in [1.165, 1.54) is 0 Å². The lowest BCUT2D eigenvalue weighted by Crippen LogP contribution is -2.62. The van der Waals surface area contributed by atoms with E-state index in [-0.39, 0.29) is 52.5 Å². The summed E-state index contributed by atoms with van der Waals surface area (Å²) in [7, 11) is 0. The van der Waals surface area contributed by atoms with Crippen LogP contribution in [0.25, 0.3) is 0 Å². The van der Waals surface area contributed by atoms with Crippen LogP contribution in [0.1, 0.15) is 78.6 Å². The van der Waals surface area contributed by atoms with Gasteiger partial charge in [0.25, 0.3) is 0 Å². The van der Waals surface area contributed by atoms with Crippen molar-refractivity contribution in [2.45, 2.75) is 84.7 Å². The first-order chi connectivity index (χ1) is 13.6. The number of Topliss-reactive ketones (excluding diaryl/α,β-unsaturated/α-hetero) is 2. The van der Waals surface area contributed by atoms with Gasteiger partial charge in [-0.3, -0.25) is 14.4 Å². The first-order valence-corrected chi connectivity index (χ1v) is 11.5. The number of carboxylic acids is 1. The van der Waals surface area contributed by atoms with Crippen LogP contribution in [-0.4, -0.2) is 33.9 Å². The second kappa shape index (κ2) is 7.18. The highest BCUT2D eigenvalue weighted by molar-refractivity contribution is 5.89. The highest BCUT2D eigenvalue weighted by Gasteiger charge is 2.65. The van der Waals surface area contributed by atoms with Crippen molar-refractivity contribution in [3.8, 4) is 0 Å². The Morgan fingerprint density at radius 3 is 2.45 bits per heavy atom. The lowest BCUT2D eigenvalue weighted by Gasteiger charge is -2.60. The van der Waals surface area contributed by atoms with Crippen LogP contribution in [0.2, 0.25) is 0 Å². The number of carbonyl (C=O) groups is 3. The molecule has 9 atom stereocenters. The number of carboxylic acid groups (broad SMARTS) is 1. The maximum absolute atomic E-state index is 13.4. The topological polar surface area (TPSA) is 91.7 Å². The van der Waals surface area contributed by atoms with Crippen LogP contribution in [0.3, 0.4) is 0 Å². The number of carbonyl (C=O) groups excluding carboxylic acids is 2. The number of hydrogen-bond donors (Lipinski definition) is 2. The quantitative estimate of drug-likeness (QED) is 0.742. The summed E-state index contributed by atoms with van der Waals surface area (Å²) in [5.74, 6) is 0.431. The first kappa shape index (κ1) is 21.0. The molecule has 0 unspecified atom stereocenters. The predicted molar refractivity (Wildman–Crippen MR) is 108 cm³/mol. The van der Waals surface area contributed by atoms with Crippen LogP contribution in [-0.2, 0) is 14.4 Å². The highest BCUT2D eigenvalue weighted by atomic mass is 16.4. The zero-order valence-electron chi connectivity index (χ0n) is 18.0. The Hall–Kier alpha value is -1.23. The molecule has 0 aromatic carbocycles. The Morgan fingerprint density at radius 1 is 1.07 bits per heavy atom. The van der Waals surface area contributed by atoms with Crippen molar-refractivity contribution in [1.29, 1.82) is 0 Å². The van der Waals surface area contributed by atoms with Crippen molar-refractivity contribution in [3.05, 3.63) is 0 Å². The molecular weight excluding hydrogens is 368 g/mol. The first-order valence-electron chi connectivity index (χ1n) is 11.5. The Bertz CT molecular complexity index is 716. The van der Waals surface area contributed by atoms with Gasteiger partial charge in [-0.15, -0.1) is 0 Å². The Kier molecular flexibility index (Phi) is 5.20. The van der Waals surface area contributed by atoms with E-state index in [1.807, 2.05) is 0 Å². The van der Waals surface area contributed by atoms with E-state index in [0.29, 0.717) is 31.1 Å². The van der Waals surface area contributed by atoms with Crippen molar-refractivity contribution in [2.75, 3.05) is 0 Å². The van der Waals surface area contributed by atoms with Gasteiger partial charge in [0.05, 0.1) is 0 Å². The summed E-state index contributed by atoms with van der Waals surface area (Å²) in [6, 6.07) is 0. The fourth-order valence-electron chi connectivity index (χ4n) is 8.31. The number of aliphatic hydroxyl groups excluding tert-OH is 1. The third kappa shape index (κ3) is 3.10. The van der Waals surface area contributed by atoms with Crippen molar-refractivity contribution in [1.82, 2.24) is 0 Å². The Labute approximate surface area is 173 Å². The predicted octanol–water partition coefficient (Wildman–Crippen LogP) is 3.87. The van der Waals surface area contributed by atoms with Gasteiger partial charge in [-0.2, -0.15) is 0 Å². The maximum atomic E-state index is 13.4. The molecule has 0 saturated heterocycles. The fraction of sp³-hybridized carbons (Fsp3) is 0.875. The summed E-state index contributed by atoms with van der Waals surface area (Å²) in [6.45, 7) is 6.72.